The van der Waals surface area contributed by atoms with Gasteiger partial charge in [-0.1, -0.05) is 25.9 Å². The van der Waals surface area contributed by atoms with Crippen molar-refractivity contribution >= 4 is 17.7 Å². The smallest absolute Gasteiger partial charge is 0.194 e. The first-order valence-electron chi connectivity index (χ1n) is 8.23. The largest absolute Gasteiger partial charge is 0.359 e. The maximum atomic E-state index is 5.32. The zero-order valence-electron chi connectivity index (χ0n) is 14.1. The lowest BCUT2D eigenvalue weighted by Crippen LogP contribution is -2.49. The van der Waals surface area contributed by atoms with Crippen LogP contribution >= 0.6 is 11.8 Å². The van der Waals surface area contributed by atoms with Crippen molar-refractivity contribution in [1.29, 1.82) is 0 Å². The molecule has 6 heteroatoms. The van der Waals surface area contributed by atoms with Gasteiger partial charge in [-0.3, -0.25) is 0 Å². The normalized spacial score (nSPS) is 19.8. The molecule has 2 heterocycles. The average molecular weight is 324 g/mol. The van der Waals surface area contributed by atoms with Gasteiger partial charge in [0.25, 0.3) is 0 Å². The van der Waals surface area contributed by atoms with Gasteiger partial charge in [0.2, 0.25) is 0 Å². The van der Waals surface area contributed by atoms with Crippen LogP contribution in [0.15, 0.2) is 15.6 Å². The second kappa shape index (κ2) is 8.46. The Balaban J connectivity index is 2.02. The van der Waals surface area contributed by atoms with Crippen LogP contribution in [0, 0.1) is 5.92 Å². The fourth-order valence-electron chi connectivity index (χ4n) is 2.45. The predicted molar refractivity (Wildman–Crippen MR) is 93.4 cm³/mol. The van der Waals surface area contributed by atoms with Crippen molar-refractivity contribution < 1.29 is 4.52 Å². The summed E-state index contributed by atoms with van der Waals surface area (Å²) in [4.78, 5) is 7.11. The van der Waals surface area contributed by atoms with E-state index in [1.165, 1.54) is 0 Å². The van der Waals surface area contributed by atoms with Crippen molar-refractivity contribution in [2.45, 2.75) is 45.9 Å². The maximum Gasteiger partial charge on any atom is 0.194 e. The van der Waals surface area contributed by atoms with Crippen molar-refractivity contribution in [3.63, 3.8) is 0 Å². The van der Waals surface area contributed by atoms with Crippen LogP contribution in [0.3, 0.4) is 0 Å². The molecule has 1 aliphatic rings. The van der Waals surface area contributed by atoms with Crippen molar-refractivity contribution in [2.24, 2.45) is 10.9 Å². The van der Waals surface area contributed by atoms with E-state index in [-0.39, 0.29) is 0 Å². The molecule has 0 bridgehead atoms. The highest BCUT2D eigenvalue weighted by atomic mass is 32.2. The SMILES string of the molecule is CCNC(=NCc1cc(CC)no1)N1CCSC(C(C)C)C1. The van der Waals surface area contributed by atoms with E-state index in [0.717, 1.165) is 49.2 Å². The summed E-state index contributed by atoms with van der Waals surface area (Å²) >= 11 is 2.08. The summed E-state index contributed by atoms with van der Waals surface area (Å²) in [6.45, 7) is 12.3. The van der Waals surface area contributed by atoms with E-state index in [4.69, 9.17) is 9.52 Å². The number of nitrogens with one attached hydrogen (secondary N) is 1. The molecule has 1 aromatic rings. The van der Waals surface area contributed by atoms with Crippen LogP contribution in [0.25, 0.3) is 0 Å². The Morgan fingerprint density at radius 1 is 1.55 bits per heavy atom. The van der Waals surface area contributed by atoms with Crippen LogP contribution in [0.5, 0.6) is 0 Å². The van der Waals surface area contributed by atoms with Gasteiger partial charge < -0.3 is 14.7 Å². The molecule has 5 nitrogen and oxygen atoms in total. The van der Waals surface area contributed by atoms with E-state index < -0.39 is 0 Å². The zero-order chi connectivity index (χ0) is 15.9. The Hall–Kier alpha value is -1.17. The number of hydrogen-bond donors (Lipinski definition) is 1. The molecule has 1 fully saturated rings. The minimum atomic E-state index is 0.547. The molecule has 2 rings (SSSR count). The molecule has 1 aliphatic heterocycles. The highest BCUT2D eigenvalue weighted by Crippen LogP contribution is 2.24. The highest BCUT2D eigenvalue weighted by Gasteiger charge is 2.24. The molecule has 0 radical (unpaired) electrons. The zero-order valence-corrected chi connectivity index (χ0v) is 14.9. The number of aromatic nitrogens is 1. The molecule has 1 saturated heterocycles. The van der Waals surface area contributed by atoms with Crippen LogP contribution in [0.4, 0.5) is 0 Å². The highest BCUT2D eigenvalue weighted by molar-refractivity contribution is 8.00. The van der Waals surface area contributed by atoms with Gasteiger partial charge in [0, 0.05) is 36.7 Å². The summed E-state index contributed by atoms with van der Waals surface area (Å²) in [5.41, 5.74) is 0.990. The lowest BCUT2D eigenvalue weighted by atomic mass is 10.1. The van der Waals surface area contributed by atoms with Gasteiger partial charge in [0.15, 0.2) is 11.7 Å². The summed E-state index contributed by atoms with van der Waals surface area (Å²) in [7, 11) is 0. The number of aryl methyl sites for hydroxylation is 1. The minimum absolute atomic E-state index is 0.547. The second-order valence-corrected chi connectivity index (χ2v) is 7.25. The van der Waals surface area contributed by atoms with Crippen LogP contribution < -0.4 is 5.32 Å². The lowest BCUT2D eigenvalue weighted by molar-refractivity contribution is 0.369. The van der Waals surface area contributed by atoms with Crippen molar-refractivity contribution in [2.75, 3.05) is 25.4 Å². The molecule has 0 aromatic carbocycles. The van der Waals surface area contributed by atoms with Crippen molar-refractivity contribution in [1.82, 2.24) is 15.4 Å². The quantitative estimate of drug-likeness (QED) is 0.667. The van der Waals surface area contributed by atoms with E-state index in [0.29, 0.717) is 17.7 Å². The molecule has 0 saturated carbocycles. The minimum Gasteiger partial charge on any atom is -0.359 e. The fraction of sp³-hybridized carbons (Fsp3) is 0.750. The molecule has 0 spiro atoms. The molecule has 0 amide bonds. The van der Waals surface area contributed by atoms with Gasteiger partial charge in [0.05, 0.1) is 5.69 Å². The Labute approximate surface area is 137 Å². The average Bonchev–Trinajstić information content (AvgIpc) is 2.99. The monoisotopic (exact) mass is 324 g/mol. The van der Waals surface area contributed by atoms with Crippen molar-refractivity contribution in [3.05, 3.63) is 17.5 Å². The summed E-state index contributed by atoms with van der Waals surface area (Å²) in [5, 5.41) is 8.11. The van der Waals surface area contributed by atoms with Gasteiger partial charge in [-0.05, 0) is 19.3 Å². The number of rotatable bonds is 5. The third kappa shape index (κ3) is 4.66. The van der Waals surface area contributed by atoms with Crippen LogP contribution in [0.1, 0.15) is 39.1 Å². The van der Waals surface area contributed by atoms with Gasteiger partial charge in [-0.25, -0.2) is 4.99 Å². The van der Waals surface area contributed by atoms with Crippen LogP contribution in [-0.2, 0) is 13.0 Å². The Kier molecular flexibility index (Phi) is 6.61. The molecule has 22 heavy (non-hydrogen) atoms. The molecule has 1 unspecified atom stereocenters. The summed E-state index contributed by atoms with van der Waals surface area (Å²) in [5.74, 6) is 3.68. The van der Waals surface area contributed by atoms with Crippen molar-refractivity contribution in [3.8, 4) is 0 Å². The van der Waals surface area contributed by atoms with E-state index in [1.54, 1.807) is 0 Å². The molecular weight excluding hydrogens is 296 g/mol. The Morgan fingerprint density at radius 3 is 3.00 bits per heavy atom. The molecule has 1 atom stereocenters. The third-order valence-electron chi connectivity index (χ3n) is 3.83. The topological polar surface area (TPSA) is 53.7 Å². The first kappa shape index (κ1) is 17.2. The van der Waals surface area contributed by atoms with E-state index >= 15 is 0 Å². The van der Waals surface area contributed by atoms with Crippen LogP contribution in [0.2, 0.25) is 0 Å². The number of nitrogens with zero attached hydrogens (tertiary/aromatic N) is 3. The Morgan fingerprint density at radius 2 is 2.36 bits per heavy atom. The first-order valence-corrected chi connectivity index (χ1v) is 9.28. The molecular formula is C16H28N4OS. The molecule has 0 aliphatic carbocycles. The number of guanidine groups is 1. The van der Waals surface area contributed by atoms with Gasteiger partial charge in [-0.2, -0.15) is 11.8 Å². The van der Waals surface area contributed by atoms with E-state index in [9.17, 15) is 0 Å². The van der Waals surface area contributed by atoms with Gasteiger partial charge in [-0.15, -0.1) is 0 Å². The number of thioether (sulfide) groups is 1. The maximum absolute atomic E-state index is 5.32. The van der Waals surface area contributed by atoms with Gasteiger partial charge >= 0.3 is 0 Å². The third-order valence-corrected chi connectivity index (χ3v) is 5.37. The number of hydrogen-bond acceptors (Lipinski definition) is 4. The van der Waals surface area contributed by atoms with Crippen LogP contribution in [-0.4, -0.2) is 46.7 Å². The van der Waals surface area contributed by atoms with E-state index in [1.807, 2.05) is 6.07 Å². The lowest BCUT2D eigenvalue weighted by Gasteiger charge is -2.36. The molecule has 1 N–H and O–H groups in total. The first-order chi connectivity index (χ1) is 10.6. The summed E-state index contributed by atoms with van der Waals surface area (Å²) in [6, 6.07) is 2.00. The molecule has 1 aromatic heterocycles. The number of aliphatic imine (C=N–C) groups is 1. The Bertz CT molecular complexity index is 486. The standard InChI is InChI=1S/C16H28N4OS/c1-5-13-9-14(21-19-13)10-18-16(17-6-2)20-7-8-22-15(11-20)12(3)4/h9,12,15H,5-8,10-11H2,1-4H3,(H,17,18). The van der Waals surface area contributed by atoms with Gasteiger partial charge in [0.1, 0.15) is 6.54 Å². The second-order valence-electron chi connectivity index (χ2n) is 5.91. The fourth-order valence-corrected chi connectivity index (χ4v) is 3.75. The summed E-state index contributed by atoms with van der Waals surface area (Å²) < 4.78 is 5.32. The van der Waals surface area contributed by atoms with E-state index in [2.05, 4.69) is 54.8 Å². The summed E-state index contributed by atoms with van der Waals surface area (Å²) in [6.07, 6.45) is 0.896. The molecule has 124 valence electrons. The predicted octanol–water partition coefficient (Wildman–Crippen LogP) is 2.78.